The van der Waals surface area contributed by atoms with Gasteiger partial charge in [-0.25, -0.2) is 0 Å². The first-order chi connectivity index (χ1) is 9.50. The second-order valence-electron chi connectivity index (χ2n) is 5.46. The molecule has 0 saturated heterocycles. The van der Waals surface area contributed by atoms with E-state index in [1.807, 2.05) is 43.8 Å². The van der Waals surface area contributed by atoms with Crippen LogP contribution >= 0.6 is 23.4 Å². The molecule has 2 atom stereocenters. The highest BCUT2D eigenvalue weighted by atomic mass is 35.5. The maximum atomic E-state index is 12.5. The first-order valence-corrected chi connectivity index (χ1v) is 8.30. The molecule has 0 bridgehead atoms. The van der Waals surface area contributed by atoms with E-state index in [2.05, 4.69) is 5.32 Å². The van der Waals surface area contributed by atoms with Crippen LogP contribution in [0.5, 0.6) is 0 Å². The molecular formula is C15H21ClN2OS. The second kappa shape index (κ2) is 6.37. The van der Waals surface area contributed by atoms with Gasteiger partial charge in [0.25, 0.3) is 0 Å². The number of halogens is 1. The van der Waals surface area contributed by atoms with E-state index >= 15 is 0 Å². The number of benzene rings is 1. The van der Waals surface area contributed by atoms with Crippen LogP contribution in [0.15, 0.2) is 23.1 Å². The Morgan fingerprint density at radius 3 is 3.00 bits per heavy atom. The van der Waals surface area contributed by atoms with Gasteiger partial charge in [-0.05, 0) is 43.5 Å². The highest BCUT2D eigenvalue weighted by Crippen LogP contribution is 2.38. The van der Waals surface area contributed by atoms with E-state index in [1.54, 1.807) is 0 Å². The van der Waals surface area contributed by atoms with E-state index in [0.29, 0.717) is 11.6 Å². The molecule has 0 aliphatic carbocycles. The molecule has 1 amide bonds. The van der Waals surface area contributed by atoms with Crippen molar-refractivity contribution in [3.63, 3.8) is 0 Å². The lowest BCUT2D eigenvalue weighted by molar-refractivity contribution is -0.130. The van der Waals surface area contributed by atoms with Crippen molar-refractivity contribution in [1.82, 2.24) is 5.32 Å². The van der Waals surface area contributed by atoms with Crippen molar-refractivity contribution in [2.45, 2.75) is 37.6 Å². The van der Waals surface area contributed by atoms with Gasteiger partial charge >= 0.3 is 0 Å². The SMILES string of the molecule is CCC(C)(CN)C(=O)NC1CCSc2ccc(Cl)cc21. The lowest BCUT2D eigenvalue weighted by atomic mass is 9.86. The van der Waals surface area contributed by atoms with Crippen molar-refractivity contribution in [1.29, 1.82) is 0 Å². The summed E-state index contributed by atoms with van der Waals surface area (Å²) in [4.78, 5) is 13.7. The summed E-state index contributed by atoms with van der Waals surface area (Å²) in [6, 6.07) is 5.92. The van der Waals surface area contributed by atoms with E-state index in [0.717, 1.165) is 24.2 Å². The zero-order valence-corrected chi connectivity index (χ0v) is 13.5. The summed E-state index contributed by atoms with van der Waals surface area (Å²) in [5.74, 6) is 1.04. The summed E-state index contributed by atoms with van der Waals surface area (Å²) in [6.45, 7) is 4.27. The molecule has 0 fully saturated rings. The maximum Gasteiger partial charge on any atom is 0.227 e. The summed E-state index contributed by atoms with van der Waals surface area (Å²) >= 11 is 7.89. The molecule has 1 aromatic carbocycles. The molecule has 0 spiro atoms. The molecule has 0 radical (unpaired) electrons. The predicted molar refractivity (Wildman–Crippen MR) is 85.1 cm³/mol. The molecule has 20 heavy (non-hydrogen) atoms. The van der Waals surface area contributed by atoms with E-state index in [9.17, 15) is 4.79 Å². The van der Waals surface area contributed by atoms with Crippen molar-refractivity contribution >= 4 is 29.3 Å². The van der Waals surface area contributed by atoms with E-state index in [4.69, 9.17) is 17.3 Å². The molecule has 2 rings (SSSR count). The van der Waals surface area contributed by atoms with Crippen molar-refractivity contribution in [3.8, 4) is 0 Å². The van der Waals surface area contributed by atoms with E-state index in [-0.39, 0.29) is 11.9 Å². The Hall–Kier alpha value is -0.710. The Kier molecular flexibility index (Phi) is 4.99. The van der Waals surface area contributed by atoms with Crippen LogP contribution < -0.4 is 11.1 Å². The molecule has 0 aromatic heterocycles. The molecule has 3 nitrogen and oxygen atoms in total. The molecular weight excluding hydrogens is 292 g/mol. The molecule has 1 heterocycles. The standard InChI is InChI=1S/C15H21ClN2OS/c1-3-15(2,9-17)14(19)18-12-6-7-20-13-5-4-10(16)8-11(12)13/h4-5,8,12H,3,6-7,9,17H2,1-2H3,(H,18,19). The topological polar surface area (TPSA) is 55.1 Å². The van der Waals surface area contributed by atoms with Gasteiger partial charge in [0, 0.05) is 22.2 Å². The smallest absolute Gasteiger partial charge is 0.227 e. The summed E-state index contributed by atoms with van der Waals surface area (Å²) in [5, 5.41) is 3.86. The lowest BCUT2D eigenvalue weighted by Crippen LogP contribution is -2.45. The van der Waals surface area contributed by atoms with Gasteiger partial charge in [-0.1, -0.05) is 18.5 Å². The second-order valence-corrected chi connectivity index (χ2v) is 7.04. The number of hydrogen-bond donors (Lipinski definition) is 2. The molecule has 5 heteroatoms. The van der Waals surface area contributed by atoms with Gasteiger partial charge in [-0.2, -0.15) is 0 Å². The van der Waals surface area contributed by atoms with Gasteiger partial charge in [0.2, 0.25) is 5.91 Å². The third kappa shape index (κ3) is 3.13. The van der Waals surface area contributed by atoms with Gasteiger partial charge in [0.05, 0.1) is 11.5 Å². The third-order valence-corrected chi connectivity index (χ3v) is 5.45. The number of nitrogens with one attached hydrogen (secondary N) is 1. The molecule has 110 valence electrons. The highest BCUT2D eigenvalue weighted by Gasteiger charge is 2.32. The van der Waals surface area contributed by atoms with Gasteiger partial charge in [0.1, 0.15) is 0 Å². The fourth-order valence-electron chi connectivity index (χ4n) is 2.25. The Morgan fingerprint density at radius 2 is 2.35 bits per heavy atom. The Balaban J connectivity index is 2.20. The van der Waals surface area contributed by atoms with Crippen LogP contribution in [-0.2, 0) is 4.79 Å². The number of carbonyl (C=O) groups is 1. The quantitative estimate of drug-likeness (QED) is 0.896. The first-order valence-electron chi connectivity index (χ1n) is 6.93. The van der Waals surface area contributed by atoms with Gasteiger partial charge in [0.15, 0.2) is 0 Å². The largest absolute Gasteiger partial charge is 0.349 e. The summed E-state index contributed by atoms with van der Waals surface area (Å²) in [7, 11) is 0. The fourth-order valence-corrected chi connectivity index (χ4v) is 3.53. The van der Waals surface area contributed by atoms with Crippen LogP contribution in [0.1, 0.15) is 38.3 Å². The van der Waals surface area contributed by atoms with Crippen molar-refractivity contribution in [2.75, 3.05) is 12.3 Å². The van der Waals surface area contributed by atoms with Crippen LogP contribution in [0.3, 0.4) is 0 Å². The average molecular weight is 313 g/mol. The van der Waals surface area contributed by atoms with Gasteiger partial charge < -0.3 is 11.1 Å². The number of nitrogens with two attached hydrogens (primary N) is 1. The third-order valence-electron chi connectivity index (χ3n) is 4.10. The average Bonchev–Trinajstić information content (AvgIpc) is 2.47. The molecule has 0 saturated carbocycles. The van der Waals surface area contributed by atoms with Crippen LogP contribution in [0.2, 0.25) is 5.02 Å². The van der Waals surface area contributed by atoms with Crippen LogP contribution in [-0.4, -0.2) is 18.2 Å². The minimum atomic E-state index is -0.497. The molecule has 1 aromatic rings. The number of amides is 1. The normalized spacial score (nSPS) is 20.9. The van der Waals surface area contributed by atoms with E-state index < -0.39 is 5.41 Å². The Bertz CT molecular complexity index is 503. The Labute approximate surface area is 129 Å². The maximum absolute atomic E-state index is 12.5. The van der Waals surface area contributed by atoms with Crippen molar-refractivity contribution in [2.24, 2.45) is 11.1 Å². The summed E-state index contributed by atoms with van der Waals surface area (Å²) < 4.78 is 0. The highest BCUT2D eigenvalue weighted by molar-refractivity contribution is 7.99. The number of carbonyl (C=O) groups excluding carboxylic acids is 1. The first kappa shape index (κ1) is 15.7. The van der Waals surface area contributed by atoms with Crippen LogP contribution in [0, 0.1) is 5.41 Å². The zero-order chi connectivity index (χ0) is 14.8. The van der Waals surface area contributed by atoms with Crippen LogP contribution in [0.25, 0.3) is 0 Å². The lowest BCUT2D eigenvalue weighted by Gasteiger charge is -2.31. The summed E-state index contributed by atoms with van der Waals surface area (Å²) in [6.07, 6.45) is 1.66. The van der Waals surface area contributed by atoms with Crippen molar-refractivity contribution in [3.05, 3.63) is 28.8 Å². The predicted octanol–water partition coefficient (Wildman–Crippen LogP) is 3.37. The molecule has 1 aliphatic rings. The van der Waals surface area contributed by atoms with Gasteiger partial charge in [-0.15, -0.1) is 11.8 Å². The molecule has 3 N–H and O–H groups in total. The summed E-state index contributed by atoms with van der Waals surface area (Å²) in [5.41, 5.74) is 6.38. The van der Waals surface area contributed by atoms with E-state index in [1.165, 1.54) is 4.90 Å². The van der Waals surface area contributed by atoms with Crippen molar-refractivity contribution < 1.29 is 4.79 Å². The monoisotopic (exact) mass is 312 g/mol. The zero-order valence-electron chi connectivity index (χ0n) is 11.9. The van der Waals surface area contributed by atoms with Crippen LogP contribution in [0.4, 0.5) is 0 Å². The number of fused-ring (bicyclic) bond motifs is 1. The number of rotatable bonds is 4. The minimum Gasteiger partial charge on any atom is -0.349 e. The van der Waals surface area contributed by atoms with Gasteiger partial charge in [-0.3, -0.25) is 4.79 Å². The number of thioether (sulfide) groups is 1. The minimum absolute atomic E-state index is 0.0327. The molecule has 2 unspecified atom stereocenters. The fraction of sp³-hybridized carbons (Fsp3) is 0.533. The number of hydrogen-bond acceptors (Lipinski definition) is 3. The Morgan fingerprint density at radius 1 is 1.60 bits per heavy atom. The molecule has 1 aliphatic heterocycles.